The van der Waals surface area contributed by atoms with E-state index in [1.165, 1.54) is 16.9 Å². The van der Waals surface area contributed by atoms with Crippen LogP contribution in [-0.2, 0) is 26.2 Å². The van der Waals surface area contributed by atoms with Crippen LogP contribution in [-0.4, -0.2) is 57.1 Å². The molecule has 6 atom stereocenters. The van der Waals surface area contributed by atoms with Crippen molar-refractivity contribution in [2.24, 2.45) is 36.1 Å². The Hall–Kier alpha value is -4.48. The first-order valence-electron chi connectivity index (χ1n) is 16.4. The minimum Gasteiger partial charge on any atom is -0.504 e. The number of imide groups is 2. The van der Waals surface area contributed by atoms with Crippen LogP contribution in [0.15, 0.2) is 54.1 Å². The normalized spacial score (nSPS) is 27.9. The summed E-state index contributed by atoms with van der Waals surface area (Å²) in [5.41, 5.74) is 1.89. The van der Waals surface area contributed by atoms with Gasteiger partial charge in [-0.05, 0) is 86.4 Å². The lowest BCUT2D eigenvalue weighted by atomic mass is 9.51. The van der Waals surface area contributed by atoms with Gasteiger partial charge in [0.1, 0.15) is 11.5 Å². The highest BCUT2D eigenvalue weighted by Gasteiger charge is 2.68. The van der Waals surface area contributed by atoms with E-state index in [2.05, 4.69) is 0 Å². The summed E-state index contributed by atoms with van der Waals surface area (Å²) in [4.78, 5) is 60.2. The number of nitrogens with zero attached hydrogens (tertiary/aromatic N) is 4. The fourth-order valence-corrected chi connectivity index (χ4v) is 10.4. The van der Waals surface area contributed by atoms with Crippen LogP contribution in [0.4, 0.5) is 5.82 Å². The van der Waals surface area contributed by atoms with Crippen molar-refractivity contribution >= 4 is 62.5 Å². The zero-order valence-corrected chi connectivity index (χ0v) is 29.3. The number of aryl methyl sites for hydroxylation is 2. The molecular formula is C37H35ClN4O6S. The molecule has 4 amide bonds. The number of fused-ring (bicyclic) bond motifs is 5. The number of halogens is 1. The van der Waals surface area contributed by atoms with E-state index < -0.39 is 35.0 Å². The van der Waals surface area contributed by atoms with Crippen molar-refractivity contribution in [1.29, 1.82) is 0 Å². The van der Waals surface area contributed by atoms with Gasteiger partial charge in [0, 0.05) is 35.3 Å². The molecule has 2 saturated heterocycles. The number of ether oxygens (including phenoxy) is 1. The monoisotopic (exact) mass is 698 g/mol. The van der Waals surface area contributed by atoms with Crippen molar-refractivity contribution in [3.05, 3.63) is 70.3 Å². The van der Waals surface area contributed by atoms with Gasteiger partial charge in [0.25, 0.3) is 0 Å². The summed E-state index contributed by atoms with van der Waals surface area (Å²) < 4.78 is 7.93. The summed E-state index contributed by atoms with van der Waals surface area (Å²) in [6, 6.07) is 12.6. The summed E-state index contributed by atoms with van der Waals surface area (Å²) in [5, 5.41) is 17.3. The van der Waals surface area contributed by atoms with Gasteiger partial charge in [0.2, 0.25) is 23.6 Å². The molecule has 252 valence electrons. The maximum absolute atomic E-state index is 14.9. The molecule has 1 saturated carbocycles. The van der Waals surface area contributed by atoms with Crippen molar-refractivity contribution in [3.63, 3.8) is 0 Å². The molecule has 0 unspecified atom stereocenters. The largest absolute Gasteiger partial charge is 0.504 e. The minimum atomic E-state index is -1.25. The third-order valence-electron chi connectivity index (χ3n) is 11.4. The van der Waals surface area contributed by atoms with Crippen LogP contribution in [0.3, 0.4) is 0 Å². The number of carbonyl (C=O) groups excluding carboxylic acids is 4. The highest BCUT2D eigenvalue weighted by atomic mass is 35.5. The summed E-state index contributed by atoms with van der Waals surface area (Å²) in [6.45, 7) is 5.90. The number of amides is 4. The molecule has 2 aliphatic heterocycles. The van der Waals surface area contributed by atoms with Gasteiger partial charge in [0.05, 0.1) is 35.2 Å². The number of phenols is 1. The third kappa shape index (κ3) is 4.27. The highest BCUT2D eigenvalue weighted by Crippen LogP contribution is 2.64. The van der Waals surface area contributed by atoms with Crippen molar-refractivity contribution < 1.29 is 29.0 Å². The van der Waals surface area contributed by atoms with E-state index in [-0.39, 0.29) is 48.1 Å². The number of anilines is 1. The van der Waals surface area contributed by atoms with Gasteiger partial charge in [-0.1, -0.05) is 29.3 Å². The van der Waals surface area contributed by atoms with Gasteiger partial charge in [-0.25, -0.2) is 4.90 Å². The molecule has 0 spiro atoms. The number of phenolic OH excluding ortho intramolecular Hbond substituents is 1. The molecule has 2 aliphatic carbocycles. The van der Waals surface area contributed by atoms with Crippen LogP contribution in [0.5, 0.6) is 11.5 Å². The number of likely N-dealkylation sites (tertiary alicyclic amines) is 1. The van der Waals surface area contributed by atoms with E-state index in [1.54, 1.807) is 54.3 Å². The summed E-state index contributed by atoms with van der Waals surface area (Å²) in [5.74, 6) is -3.58. The van der Waals surface area contributed by atoms with E-state index in [4.69, 9.17) is 21.4 Å². The Labute approximate surface area is 291 Å². The molecule has 2 aromatic carbocycles. The molecule has 2 aromatic heterocycles. The van der Waals surface area contributed by atoms with Gasteiger partial charge >= 0.3 is 0 Å². The molecule has 0 bridgehead atoms. The molecule has 0 radical (unpaired) electrons. The van der Waals surface area contributed by atoms with Crippen molar-refractivity contribution in [2.45, 2.75) is 39.5 Å². The first kappa shape index (κ1) is 31.8. The Morgan fingerprint density at radius 2 is 1.84 bits per heavy atom. The number of aromatic nitrogens is 2. The predicted molar refractivity (Wildman–Crippen MR) is 185 cm³/mol. The Morgan fingerprint density at radius 1 is 1.06 bits per heavy atom. The Bertz CT molecular complexity index is 2170. The van der Waals surface area contributed by atoms with E-state index in [9.17, 15) is 24.3 Å². The first-order chi connectivity index (χ1) is 23.4. The smallest absolute Gasteiger partial charge is 0.242 e. The molecular weight excluding hydrogens is 664 g/mol. The van der Waals surface area contributed by atoms with Gasteiger partial charge < -0.3 is 9.84 Å². The number of methoxy groups -OCH3 is 1. The zero-order chi connectivity index (χ0) is 34.7. The van der Waals surface area contributed by atoms with Crippen molar-refractivity contribution in [2.75, 3.05) is 18.6 Å². The first-order valence-corrected chi connectivity index (χ1v) is 17.6. The van der Waals surface area contributed by atoms with Crippen LogP contribution < -0.4 is 9.64 Å². The van der Waals surface area contributed by atoms with Crippen LogP contribution in [0.1, 0.15) is 43.7 Å². The molecule has 3 fully saturated rings. The summed E-state index contributed by atoms with van der Waals surface area (Å²) in [6.07, 6.45) is 2.62. The van der Waals surface area contributed by atoms with Crippen LogP contribution in [0.2, 0.25) is 5.02 Å². The third-order valence-corrected chi connectivity index (χ3v) is 13.0. The van der Waals surface area contributed by atoms with Crippen molar-refractivity contribution in [1.82, 2.24) is 14.7 Å². The number of carbonyl (C=O) groups is 4. The van der Waals surface area contributed by atoms with E-state index in [0.717, 1.165) is 26.1 Å². The molecule has 1 N–H and O–H groups in total. The lowest BCUT2D eigenvalue weighted by Gasteiger charge is -2.49. The fraction of sp³-hybridized carbons (Fsp3) is 0.378. The minimum absolute atomic E-state index is 0.0919. The van der Waals surface area contributed by atoms with Crippen molar-refractivity contribution in [3.8, 4) is 22.1 Å². The number of rotatable bonds is 5. The van der Waals surface area contributed by atoms with Gasteiger partial charge in [-0.2, -0.15) is 5.10 Å². The molecule has 10 nitrogen and oxygen atoms in total. The Kier molecular flexibility index (Phi) is 7.14. The van der Waals surface area contributed by atoms with Crippen LogP contribution in [0.25, 0.3) is 20.7 Å². The average molecular weight is 699 g/mol. The maximum Gasteiger partial charge on any atom is 0.242 e. The Morgan fingerprint density at radius 3 is 2.55 bits per heavy atom. The molecule has 12 heteroatoms. The molecule has 4 heterocycles. The molecule has 49 heavy (non-hydrogen) atoms. The average Bonchev–Trinajstić information content (AvgIpc) is 3.74. The molecule has 4 aliphatic rings. The second-order valence-electron chi connectivity index (χ2n) is 13.7. The predicted octanol–water partition coefficient (Wildman–Crippen LogP) is 6.23. The second-order valence-corrected chi connectivity index (χ2v) is 15.2. The molecule has 8 rings (SSSR count). The highest BCUT2D eigenvalue weighted by molar-refractivity contribution is 7.22. The quantitative estimate of drug-likeness (QED) is 0.194. The number of benzene rings is 2. The number of hydrogen-bond donors (Lipinski definition) is 1. The SMILES string of the molecule is CCN1C(=O)[C@H]2[C@H](CC=C3[C@H]2C[C@H]2C(=O)N(c4cc(-c5sc6ccc(Cl)cc6c5C)nn4C)C(=O)[C@@]2(C)[C@H]3c2ccc(OC)c(O)c2)C1=O. The zero-order valence-electron chi connectivity index (χ0n) is 27.7. The standard InChI is InChI=1S/C37H35ClN4O6S/c1-6-41-33(44)21-10-9-20-23(30(21)35(41)46)15-24-34(45)42(36(47)37(24,3)31(20)18-7-11-27(48-5)26(43)13-18)29-16-25(39-40(29)4)32-17(2)22-14-19(38)8-12-28(22)49-32/h7-9,11-14,16,21,23-24,30-31,43H,6,10,15H2,1-5H3/t21-,23+,24-,30-,31-,37+/m0/s1. The van der Waals surface area contributed by atoms with Gasteiger partial charge in [-0.15, -0.1) is 11.3 Å². The van der Waals surface area contributed by atoms with E-state index in [0.29, 0.717) is 28.5 Å². The van der Waals surface area contributed by atoms with Crippen LogP contribution in [0, 0.1) is 36.0 Å². The van der Waals surface area contributed by atoms with Crippen LogP contribution >= 0.6 is 22.9 Å². The maximum atomic E-state index is 14.9. The second kappa shape index (κ2) is 11.0. The Balaban J connectivity index is 1.26. The van der Waals surface area contributed by atoms with E-state index in [1.807, 2.05) is 38.1 Å². The summed E-state index contributed by atoms with van der Waals surface area (Å²) in [7, 11) is 3.18. The topological polar surface area (TPSA) is 122 Å². The fourth-order valence-electron chi connectivity index (χ4n) is 9.09. The van der Waals surface area contributed by atoms with Gasteiger partial charge in [-0.3, -0.25) is 28.8 Å². The lowest BCUT2D eigenvalue weighted by molar-refractivity contribution is -0.140. The van der Waals surface area contributed by atoms with Gasteiger partial charge in [0.15, 0.2) is 11.5 Å². The van der Waals surface area contributed by atoms with E-state index >= 15 is 0 Å². The summed E-state index contributed by atoms with van der Waals surface area (Å²) >= 11 is 7.86. The number of aromatic hydroxyl groups is 1. The number of thiophene rings is 1. The number of hydrogen-bond acceptors (Lipinski definition) is 8. The lowest BCUT2D eigenvalue weighted by Crippen LogP contribution is -2.48. The number of allylic oxidation sites excluding steroid dienone is 2. The molecule has 4 aromatic rings.